The Balaban J connectivity index is 3.35. The first-order chi connectivity index (χ1) is 6.20. The van der Waals surface area contributed by atoms with Crippen molar-refractivity contribution in [2.45, 2.75) is 77.3 Å². The molecule has 0 saturated heterocycles. The van der Waals surface area contributed by atoms with E-state index in [0.29, 0.717) is 0 Å². The van der Waals surface area contributed by atoms with E-state index in [9.17, 15) is 0 Å². The van der Waals surface area contributed by atoms with Crippen molar-refractivity contribution in [3.05, 3.63) is 0 Å². The largest absolute Gasteiger partial charge is 0.0654 e. The van der Waals surface area contributed by atoms with Gasteiger partial charge < -0.3 is 0 Å². The number of rotatable bonds is 8. The summed E-state index contributed by atoms with van der Waals surface area (Å²) in [5.41, 5.74) is 2.18. The molecule has 0 spiro atoms. The van der Waals surface area contributed by atoms with Gasteiger partial charge in [-0.25, -0.2) is 0 Å². The van der Waals surface area contributed by atoms with Gasteiger partial charge in [0.15, 0.2) is 0 Å². The van der Waals surface area contributed by atoms with Crippen molar-refractivity contribution in [1.29, 1.82) is 0 Å². The third-order valence-electron chi connectivity index (χ3n) is 2.91. The second kappa shape index (κ2) is 8.80. The maximum absolute atomic E-state index is 2.48. The molecule has 0 aliphatic carbocycles. The fraction of sp³-hybridized carbons (Fsp3) is 1.00. The van der Waals surface area contributed by atoms with Gasteiger partial charge in [-0.2, -0.15) is 0 Å². The molecule has 0 aromatic heterocycles. The van der Waals surface area contributed by atoms with E-state index in [1.165, 1.54) is 38.5 Å². The molecule has 2 unspecified atom stereocenters. The van der Waals surface area contributed by atoms with E-state index in [1.54, 1.807) is 0 Å². The molecule has 1 heteroatoms. The molecule has 0 nitrogen and oxygen atoms in total. The molecule has 0 aromatic rings. The van der Waals surface area contributed by atoms with Crippen LogP contribution in [0.4, 0.5) is 0 Å². The van der Waals surface area contributed by atoms with Crippen LogP contribution >= 0.6 is 0 Å². The van der Waals surface area contributed by atoms with Crippen LogP contribution in [0, 0.1) is 0 Å². The molecule has 0 aliphatic heterocycles. The minimum Gasteiger partial charge on any atom is -0.0654 e. The Bertz CT molecular complexity index is 89.3. The van der Waals surface area contributed by atoms with Crippen LogP contribution in [0.3, 0.4) is 0 Å². The summed E-state index contributed by atoms with van der Waals surface area (Å²) in [5, 5.41) is 0. The maximum atomic E-state index is 2.48. The minimum atomic E-state index is 0.219. The fourth-order valence-electron chi connectivity index (χ4n) is 2.03. The van der Waals surface area contributed by atoms with E-state index >= 15 is 0 Å². The average Bonchev–Trinajstić information content (AvgIpc) is 2.11. The molecule has 0 aromatic carbocycles. The molecule has 2 atom stereocenters. The van der Waals surface area contributed by atoms with Crippen LogP contribution in [0.5, 0.6) is 0 Å². The Labute approximate surface area is 87.3 Å². The van der Waals surface area contributed by atoms with Gasteiger partial charge in [-0.3, -0.25) is 0 Å². The molecular formula is C12H28Si. The maximum Gasteiger partial charge on any atom is 0.0257 e. The third kappa shape index (κ3) is 8.54. The first kappa shape index (κ1) is 13.2. The zero-order valence-electron chi connectivity index (χ0n) is 10.1. The van der Waals surface area contributed by atoms with Gasteiger partial charge in [0.1, 0.15) is 0 Å². The predicted molar refractivity (Wildman–Crippen MR) is 66.4 cm³/mol. The Kier molecular flexibility index (Phi) is 8.95. The highest BCUT2D eigenvalue weighted by Gasteiger charge is 2.08. The van der Waals surface area contributed by atoms with Gasteiger partial charge in [0.25, 0.3) is 0 Å². The second-order valence-corrected chi connectivity index (χ2v) is 7.99. The van der Waals surface area contributed by atoms with Gasteiger partial charge in [0.2, 0.25) is 0 Å². The molecule has 0 fully saturated rings. The summed E-state index contributed by atoms with van der Waals surface area (Å²) in [6.07, 6.45) is 8.66. The highest BCUT2D eigenvalue weighted by Crippen LogP contribution is 2.21. The SMILES string of the molecule is CCCCC(C)[SiH2]C(C)CCCC. The first-order valence-electron chi connectivity index (χ1n) is 6.20. The van der Waals surface area contributed by atoms with Crippen molar-refractivity contribution in [3.63, 3.8) is 0 Å². The van der Waals surface area contributed by atoms with Crippen molar-refractivity contribution < 1.29 is 0 Å². The van der Waals surface area contributed by atoms with Crippen LogP contribution in [0.1, 0.15) is 66.2 Å². The van der Waals surface area contributed by atoms with Crippen LogP contribution in [-0.2, 0) is 0 Å². The van der Waals surface area contributed by atoms with Crippen molar-refractivity contribution in [2.24, 2.45) is 0 Å². The van der Waals surface area contributed by atoms with Crippen molar-refractivity contribution >= 4 is 9.52 Å². The molecule has 0 aliphatic rings. The lowest BCUT2D eigenvalue weighted by atomic mass is 10.2. The van der Waals surface area contributed by atoms with E-state index in [0.717, 1.165) is 11.1 Å². The molecular weight excluding hydrogens is 172 g/mol. The van der Waals surface area contributed by atoms with Crippen molar-refractivity contribution in [3.8, 4) is 0 Å². The third-order valence-corrected chi connectivity index (χ3v) is 5.33. The molecule has 0 bridgehead atoms. The van der Waals surface area contributed by atoms with E-state index < -0.39 is 0 Å². The fourth-order valence-corrected chi connectivity index (χ4v) is 4.45. The summed E-state index contributed by atoms with van der Waals surface area (Å²) in [5.74, 6) is 0. The molecule has 80 valence electrons. The van der Waals surface area contributed by atoms with Crippen LogP contribution in [0.25, 0.3) is 0 Å². The Morgan fingerprint density at radius 1 is 0.846 bits per heavy atom. The van der Waals surface area contributed by atoms with Crippen LogP contribution < -0.4 is 0 Å². The number of hydrogen-bond acceptors (Lipinski definition) is 0. The lowest BCUT2D eigenvalue weighted by Crippen LogP contribution is -2.06. The normalized spacial score (nSPS) is 16.6. The summed E-state index contributed by atoms with van der Waals surface area (Å²) < 4.78 is 0. The van der Waals surface area contributed by atoms with Crippen LogP contribution in [0.15, 0.2) is 0 Å². The van der Waals surface area contributed by atoms with Crippen LogP contribution in [0.2, 0.25) is 11.1 Å². The number of hydrogen-bond donors (Lipinski definition) is 0. The molecule has 0 radical (unpaired) electrons. The Morgan fingerprint density at radius 2 is 1.23 bits per heavy atom. The van der Waals surface area contributed by atoms with Gasteiger partial charge >= 0.3 is 0 Å². The zero-order chi connectivity index (χ0) is 10.1. The van der Waals surface area contributed by atoms with Crippen LogP contribution in [-0.4, -0.2) is 9.52 Å². The summed E-state index contributed by atoms with van der Waals surface area (Å²) in [6, 6.07) is 0. The highest BCUT2D eigenvalue weighted by atomic mass is 28.2. The van der Waals surface area contributed by atoms with Gasteiger partial charge in [-0.05, 0) is 0 Å². The summed E-state index contributed by atoms with van der Waals surface area (Å²) in [6.45, 7) is 9.55. The van der Waals surface area contributed by atoms with Gasteiger partial charge in [0, 0.05) is 9.52 Å². The van der Waals surface area contributed by atoms with Crippen molar-refractivity contribution in [2.75, 3.05) is 0 Å². The lowest BCUT2D eigenvalue weighted by molar-refractivity contribution is 0.661. The van der Waals surface area contributed by atoms with E-state index in [2.05, 4.69) is 27.7 Å². The predicted octanol–water partition coefficient (Wildman–Crippen LogP) is 4.15. The van der Waals surface area contributed by atoms with Gasteiger partial charge in [-0.15, -0.1) is 0 Å². The summed E-state index contributed by atoms with van der Waals surface area (Å²) in [4.78, 5) is 0. The Hall–Kier alpha value is 0.217. The average molecular weight is 200 g/mol. The molecule has 0 heterocycles. The highest BCUT2D eigenvalue weighted by molar-refractivity contribution is 6.39. The lowest BCUT2D eigenvalue weighted by Gasteiger charge is -2.15. The van der Waals surface area contributed by atoms with Crippen molar-refractivity contribution in [1.82, 2.24) is 0 Å². The quantitative estimate of drug-likeness (QED) is 0.516. The van der Waals surface area contributed by atoms with E-state index in [-0.39, 0.29) is 9.52 Å². The van der Waals surface area contributed by atoms with E-state index in [4.69, 9.17) is 0 Å². The smallest absolute Gasteiger partial charge is 0.0257 e. The standard InChI is InChI=1S/C12H28Si/c1-5-7-9-11(3)13-12(4)10-8-6-2/h11-12H,5-10,13H2,1-4H3. The monoisotopic (exact) mass is 200 g/mol. The Morgan fingerprint density at radius 3 is 1.54 bits per heavy atom. The molecule has 13 heavy (non-hydrogen) atoms. The second-order valence-electron chi connectivity index (χ2n) is 4.73. The summed E-state index contributed by atoms with van der Waals surface area (Å²) in [7, 11) is 0.219. The van der Waals surface area contributed by atoms with E-state index in [1.807, 2.05) is 0 Å². The molecule has 0 N–H and O–H groups in total. The number of unbranched alkanes of at least 4 members (excludes halogenated alkanes) is 2. The molecule has 0 amide bonds. The molecule has 0 saturated carbocycles. The first-order valence-corrected chi connectivity index (χ1v) is 7.83. The molecule has 0 rings (SSSR count). The van der Waals surface area contributed by atoms with Gasteiger partial charge in [-0.1, -0.05) is 77.3 Å². The summed E-state index contributed by atoms with van der Waals surface area (Å²) >= 11 is 0. The minimum absolute atomic E-state index is 0.219. The topological polar surface area (TPSA) is 0 Å². The zero-order valence-corrected chi connectivity index (χ0v) is 11.5. The van der Waals surface area contributed by atoms with Gasteiger partial charge in [0.05, 0.1) is 0 Å².